The Bertz CT molecular complexity index is 1620. The third-order valence-electron chi connectivity index (χ3n) is 6.21. The Hall–Kier alpha value is -5.22. The van der Waals surface area contributed by atoms with Gasteiger partial charge in [0.15, 0.2) is 0 Å². The van der Waals surface area contributed by atoms with Crippen molar-refractivity contribution < 1.29 is 14.3 Å². The average molecular weight is 503 g/mol. The molecule has 1 heterocycles. The van der Waals surface area contributed by atoms with E-state index in [0.717, 1.165) is 33.7 Å². The van der Waals surface area contributed by atoms with E-state index in [1.807, 2.05) is 79.7 Å². The highest BCUT2D eigenvalue weighted by Gasteiger charge is 2.18. The van der Waals surface area contributed by atoms with Crippen LogP contribution in [0.15, 0.2) is 97.1 Å². The Morgan fingerprint density at radius 1 is 0.842 bits per heavy atom. The lowest BCUT2D eigenvalue weighted by molar-refractivity contribution is 0.262. The molecule has 0 aliphatic rings. The summed E-state index contributed by atoms with van der Waals surface area (Å²) in [7, 11) is 1.63. The summed E-state index contributed by atoms with van der Waals surface area (Å²) in [6, 6.07) is 31.9. The number of aromatic nitrogens is 1. The van der Waals surface area contributed by atoms with Crippen LogP contribution in [0.1, 0.15) is 12.5 Å². The smallest absolute Gasteiger partial charge is 0.323 e. The van der Waals surface area contributed by atoms with Crippen molar-refractivity contribution in [3.63, 3.8) is 0 Å². The maximum absolute atomic E-state index is 12.6. The molecule has 0 atom stereocenters. The fourth-order valence-corrected chi connectivity index (χ4v) is 4.43. The molecular weight excluding hydrogens is 476 g/mol. The number of benzene rings is 4. The largest absolute Gasteiger partial charge is 0.497 e. The van der Waals surface area contributed by atoms with Crippen molar-refractivity contribution in [3.05, 3.63) is 103 Å². The summed E-state index contributed by atoms with van der Waals surface area (Å²) in [5.74, 6) is 2.16. The second-order valence-corrected chi connectivity index (χ2v) is 8.56. The van der Waals surface area contributed by atoms with Crippen molar-refractivity contribution in [2.45, 2.75) is 13.5 Å². The molecule has 0 bridgehead atoms. The van der Waals surface area contributed by atoms with Crippen molar-refractivity contribution in [1.82, 2.24) is 4.57 Å². The molecule has 188 valence electrons. The summed E-state index contributed by atoms with van der Waals surface area (Å²) < 4.78 is 13.3. The average Bonchev–Trinajstić information content (AvgIpc) is 3.27. The first-order valence-electron chi connectivity index (χ1n) is 12.2. The SMILES string of the molecule is CCn1c(-c2ccc(NC(=O)Nc3ccc(Oc4ccccc4)cc3)cc2)c(C#N)c2ccc(OC)cc21. The minimum atomic E-state index is -0.359. The van der Waals surface area contributed by atoms with E-state index in [2.05, 4.69) is 21.3 Å². The molecule has 2 amide bonds. The number of aryl methyl sites for hydroxylation is 1. The number of rotatable bonds is 7. The van der Waals surface area contributed by atoms with Crippen molar-refractivity contribution in [1.29, 1.82) is 5.26 Å². The standard InChI is InChI=1S/C31H26N4O3/c1-3-35-29-19-26(37-2)17-18-27(29)28(20-32)30(35)21-9-11-22(12-10-21)33-31(36)34-23-13-15-25(16-14-23)38-24-7-5-4-6-8-24/h4-19H,3H2,1-2H3,(H2,33,34,36). The van der Waals surface area contributed by atoms with Gasteiger partial charge in [0.25, 0.3) is 0 Å². The first-order chi connectivity index (χ1) is 18.6. The predicted octanol–water partition coefficient (Wildman–Crippen LogP) is 7.64. The fourth-order valence-electron chi connectivity index (χ4n) is 4.43. The van der Waals surface area contributed by atoms with Gasteiger partial charge in [0.1, 0.15) is 23.3 Å². The summed E-state index contributed by atoms with van der Waals surface area (Å²) in [6.07, 6.45) is 0. The van der Waals surface area contributed by atoms with E-state index in [1.165, 1.54) is 0 Å². The molecule has 5 rings (SSSR count). The van der Waals surface area contributed by atoms with Gasteiger partial charge in [-0.1, -0.05) is 30.3 Å². The number of fused-ring (bicyclic) bond motifs is 1. The van der Waals surface area contributed by atoms with Gasteiger partial charge in [0.05, 0.1) is 23.9 Å². The highest BCUT2D eigenvalue weighted by Crippen LogP contribution is 2.35. The number of nitrogens with zero attached hydrogens (tertiary/aromatic N) is 2. The van der Waals surface area contributed by atoms with Gasteiger partial charge in [-0.05, 0) is 73.2 Å². The Labute approximate surface area is 220 Å². The number of carbonyl (C=O) groups is 1. The molecular formula is C31H26N4O3. The van der Waals surface area contributed by atoms with Crippen LogP contribution in [0.2, 0.25) is 0 Å². The molecule has 0 aliphatic carbocycles. The van der Waals surface area contributed by atoms with Crippen molar-refractivity contribution in [2.75, 3.05) is 17.7 Å². The number of nitrogens with one attached hydrogen (secondary N) is 2. The van der Waals surface area contributed by atoms with Crippen LogP contribution >= 0.6 is 0 Å². The van der Waals surface area contributed by atoms with Crippen LogP contribution in [-0.4, -0.2) is 17.7 Å². The molecule has 2 N–H and O–H groups in total. The second-order valence-electron chi connectivity index (χ2n) is 8.56. The molecule has 7 heteroatoms. The predicted molar refractivity (Wildman–Crippen MR) is 150 cm³/mol. The van der Waals surface area contributed by atoms with Crippen LogP contribution in [-0.2, 0) is 6.54 Å². The Morgan fingerprint density at radius 2 is 1.45 bits per heavy atom. The van der Waals surface area contributed by atoms with E-state index in [0.29, 0.717) is 29.2 Å². The van der Waals surface area contributed by atoms with Crippen LogP contribution in [0.5, 0.6) is 17.2 Å². The number of methoxy groups -OCH3 is 1. The molecule has 0 unspecified atom stereocenters. The summed E-state index contributed by atoms with van der Waals surface area (Å²) in [4.78, 5) is 12.6. The maximum atomic E-state index is 12.6. The Morgan fingerprint density at radius 3 is 2.05 bits per heavy atom. The minimum Gasteiger partial charge on any atom is -0.497 e. The molecule has 0 spiro atoms. The van der Waals surface area contributed by atoms with E-state index in [9.17, 15) is 10.1 Å². The van der Waals surface area contributed by atoms with Crippen LogP contribution < -0.4 is 20.1 Å². The van der Waals surface area contributed by atoms with Crippen molar-refractivity contribution in [3.8, 4) is 34.6 Å². The second kappa shape index (κ2) is 10.8. The number of hydrogen-bond donors (Lipinski definition) is 2. The third kappa shape index (κ3) is 5.01. The lowest BCUT2D eigenvalue weighted by Gasteiger charge is -2.11. The van der Waals surface area contributed by atoms with E-state index in [1.54, 1.807) is 31.4 Å². The van der Waals surface area contributed by atoms with Crippen molar-refractivity contribution in [2.24, 2.45) is 0 Å². The number of nitriles is 1. The number of ether oxygens (including phenoxy) is 2. The molecule has 0 saturated heterocycles. The molecule has 4 aromatic carbocycles. The van der Waals surface area contributed by atoms with Crippen LogP contribution in [0.4, 0.5) is 16.2 Å². The zero-order valence-electron chi connectivity index (χ0n) is 21.1. The van der Waals surface area contributed by atoms with Crippen LogP contribution in [0.3, 0.4) is 0 Å². The summed E-state index contributed by atoms with van der Waals surface area (Å²) in [5.41, 5.74) is 4.56. The Balaban J connectivity index is 1.29. The number of para-hydroxylation sites is 1. The first kappa shape index (κ1) is 24.5. The zero-order chi connectivity index (χ0) is 26.5. The van der Waals surface area contributed by atoms with Gasteiger partial charge in [-0.25, -0.2) is 4.79 Å². The van der Waals surface area contributed by atoms with Gasteiger partial charge in [-0.2, -0.15) is 5.26 Å². The number of hydrogen-bond acceptors (Lipinski definition) is 4. The van der Waals surface area contributed by atoms with Crippen LogP contribution in [0.25, 0.3) is 22.2 Å². The molecule has 7 nitrogen and oxygen atoms in total. The molecule has 0 aliphatic heterocycles. The van der Waals surface area contributed by atoms with Gasteiger partial charge >= 0.3 is 6.03 Å². The van der Waals surface area contributed by atoms with Gasteiger partial charge < -0.3 is 24.7 Å². The minimum absolute atomic E-state index is 0.359. The van der Waals surface area contributed by atoms with Gasteiger partial charge in [-0.15, -0.1) is 0 Å². The van der Waals surface area contributed by atoms with Crippen LogP contribution in [0, 0.1) is 11.3 Å². The number of amides is 2. The summed E-state index contributed by atoms with van der Waals surface area (Å²) in [6.45, 7) is 2.74. The third-order valence-corrected chi connectivity index (χ3v) is 6.21. The van der Waals surface area contributed by atoms with Gasteiger partial charge in [0, 0.05) is 29.4 Å². The number of urea groups is 1. The van der Waals surface area contributed by atoms with Gasteiger partial charge in [0.2, 0.25) is 0 Å². The lowest BCUT2D eigenvalue weighted by Crippen LogP contribution is -2.19. The molecule has 5 aromatic rings. The zero-order valence-corrected chi connectivity index (χ0v) is 21.1. The quantitative estimate of drug-likeness (QED) is 0.239. The van der Waals surface area contributed by atoms with E-state index in [4.69, 9.17) is 9.47 Å². The highest BCUT2D eigenvalue weighted by molar-refractivity contribution is 6.00. The normalized spacial score (nSPS) is 10.6. The van der Waals surface area contributed by atoms with E-state index < -0.39 is 0 Å². The number of carbonyl (C=O) groups excluding carboxylic acids is 1. The molecule has 1 aromatic heterocycles. The van der Waals surface area contributed by atoms with E-state index >= 15 is 0 Å². The molecule has 0 fully saturated rings. The molecule has 0 radical (unpaired) electrons. The van der Waals surface area contributed by atoms with Gasteiger partial charge in [-0.3, -0.25) is 0 Å². The molecule has 38 heavy (non-hydrogen) atoms. The monoisotopic (exact) mass is 502 g/mol. The van der Waals surface area contributed by atoms with E-state index in [-0.39, 0.29) is 6.03 Å². The maximum Gasteiger partial charge on any atom is 0.323 e. The topological polar surface area (TPSA) is 88.3 Å². The summed E-state index contributed by atoms with van der Waals surface area (Å²) in [5, 5.41) is 16.5. The van der Waals surface area contributed by atoms with Crippen molar-refractivity contribution >= 4 is 28.3 Å². The first-order valence-corrected chi connectivity index (χ1v) is 12.2. The fraction of sp³-hybridized carbons (Fsp3) is 0.0968. The highest BCUT2D eigenvalue weighted by atomic mass is 16.5. The Kier molecular flexibility index (Phi) is 6.96. The number of anilines is 2. The summed E-state index contributed by atoms with van der Waals surface area (Å²) >= 11 is 0. The molecule has 0 saturated carbocycles. The lowest BCUT2D eigenvalue weighted by atomic mass is 10.1.